The third kappa shape index (κ3) is 6.79. The molecule has 5 heterocycles. The third-order valence-electron chi connectivity index (χ3n) is 6.10. The van der Waals surface area contributed by atoms with Crippen LogP contribution in [0, 0.1) is 6.42 Å². The van der Waals surface area contributed by atoms with E-state index in [-0.39, 0.29) is 18.1 Å². The molecule has 223 valence electrons. The maximum atomic E-state index is 12.8. The number of imidazole rings is 1. The highest BCUT2D eigenvalue weighted by molar-refractivity contribution is 7.47. The number of nitrogens with zero attached hydrogens (tertiary/aromatic N) is 6. The molecule has 7 atom stereocenters. The number of hydrogen-bond acceptors (Lipinski definition) is 15. The Kier molecular flexibility index (Phi) is 8.25. The number of aliphatic hydroxyl groups excluding tert-OH is 1. The lowest BCUT2D eigenvalue weighted by Gasteiger charge is -2.22. The molecule has 2 saturated heterocycles. The highest BCUT2D eigenvalue weighted by Gasteiger charge is 2.44. The Hall–Kier alpha value is -2.87. The average Bonchev–Trinajstić information content (AvgIpc) is 3.58. The van der Waals surface area contributed by atoms with Crippen LogP contribution in [0.2, 0.25) is 0 Å². The molecule has 2 aliphatic rings. The van der Waals surface area contributed by atoms with E-state index in [1.165, 1.54) is 35.9 Å². The van der Waals surface area contributed by atoms with E-state index in [0.717, 1.165) is 4.57 Å². The molecule has 3 aromatic heterocycles. The van der Waals surface area contributed by atoms with Crippen LogP contribution in [0.3, 0.4) is 0 Å². The molecule has 5 rings (SSSR count). The topological polar surface area (TPSA) is 292 Å². The molecule has 1 radical (unpaired) electrons. The zero-order chi connectivity index (χ0) is 29.5. The van der Waals surface area contributed by atoms with E-state index in [1.54, 1.807) is 0 Å². The van der Waals surface area contributed by atoms with E-state index in [0.29, 0.717) is 11.2 Å². The molecule has 0 amide bonds. The van der Waals surface area contributed by atoms with Crippen LogP contribution < -0.4 is 17.2 Å². The van der Waals surface area contributed by atoms with Gasteiger partial charge in [-0.3, -0.25) is 22.7 Å². The molecule has 0 aliphatic carbocycles. The van der Waals surface area contributed by atoms with Gasteiger partial charge in [0, 0.05) is 19.0 Å². The number of ether oxygens (including phenoxy) is 2. The largest absolute Gasteiger partial charge is 0.472 e. The van der Waals surface area contributed by atoms with E-state index in [1.807, 2.05) is 0 Å². The monoisotopic (exact) mass is 619 g/mol. The molecular weight excluding hydrogens is 594 g/mol. The lowest BCUT2D eigenvalue weighted by atomic mass is 10.2. The summed E-state index contributed by atoms with van der Waals surface area (Å²) in [6.45, 7) is -1.28. The first-order valence-electron chi connectivity index (χ1n) is 11.8. The van der Waals surface area contributed by atoms with Gasteiger partial charge in [-0.05, 0) is 6.07 Å². The van der Waals surface area contributed by atoms with Crippen LogP contribution in [0.15, 0.2) is 29.7 Å². The molecule has 3 aromatic rings. The predicted octanol–water partition coefficient (Wildman–Crippen LogP) is -1.39. The second-order valence-corrected chi connectivity index (χ2v) is 11.6. The number of aromatic nitrogens is 6. The Morgan fingerprint density at radius 1 is 1.07 bits per heavy atom. The highest BCUT2D eigenvalue weighted by atomic mass is 31.2. The van der Waals surface area contributed by atoms with E-state index in [2.05, 4.69) is 24.5 Å². The summed E-state index contributed by atoms with van der Waals surface area (Å²) in [5.74, 6) is 0.0761. The molecule has 20 nitrogen and oxygen atoms in total. The zero-order valence-corrected chi connectivity index (χ0v) is 22.5. The summed E-state index contributed by atoms with van der Waals surface area (Å²) in [5, 5.41) is 10.5. The normalized spacial score (nSPS) is 28.3. The molecule has 0 aromatic carbocycles. The number of phosphoric acid groups is 2. The van der Waals surface area contributed by atoms with Gasteiger partial charge in [0.15, 0.2) is 17.7 Å². The van der Waals surface area contributed by atoms with Crippen molar-refractivity contribution < 1.29 is 52.0 Å². The summed E-state index contributed by atoms with van der Waals surface area (Å²) >= 11 is 0. The number of phosphoric ester groups is 2. The minimum absolute atomic E-state index is 0.0522. The SMILES string of the molecule is Nc1ccn([C@H]2C[C@H](OP(=O)(O)OC[C@H]3[CH][C@@H](O)[C@H](n4cnc5c(N)ncnc54)O3)[C@H](COP(=O)(O)O)O2)c(=O)n1. The van der Waals surface area contributed by atoms with E-state index in [9.17, 15) is 23.9 Å². The van der Waals surface area contributed by atoms with Gasteiger partial charge in [0.05, 0.1) is 25.6 Å². The summed E-state index contributed by atoms with van der Waals surface area (Å²) in [5.41, 5.74) is 11.1. The molecular formula is C19H25N8O12P2. The molecule has 1 unspecified atom stereocenters. The fourth-order valence-electron chi connectivity index (χ4n) is 4.32. The summed E-state index contributed by atoms with van der Waals surface area (Å²) in [4.78, 5) is 56.4. The van der Waals surface area contributed by atoms with Gasteiger partial charge in [0.25, 0.3) is 0 Å². The van der Waals surface area contributed by atoms with Crippen molar-refractivity contribution in [1.29, 1.82) is 0 Å². The number of hydrogen-bond donors (Lipinski definition) is 6. The second kappa shape index (κ2) is 11.4. The number of fused-ring (bicyclic) bond motifs is 1. The van der Waals surface area contributed by atoms with Gasteiger partial charge in [-0.15, -0.1) is 0 Å². The van der Waals surface area contributed by atoms with E-state index < -0.39 is 71.4 Å². The molecule has 8 N–H and O–H groups in total. The van der Waals surface area contributed by atoms with E-state index >= 15 is 0 Å². The quantitative estimate of drug-likeness (QED) is 0.142. The molecule has 41 heavy (non-hydrogen) atoms. The third-order valence-corrected chi connectivity index (χ3v) is 7.60. The summed E-state index contributed by atoms with van der Waals surface area (Å²) in [6.07, 6.45) is -1.94. The fourth-order valence-corrected chi connectivity index (χ4v) is 5.62. The molecule has 22 heteroatoms. The van der Waals surface area contributed by atoms with Crippen LogP contribution in [-0.4, -0.2) is 86.5 Å². The van der Waals surface area contributed by atoms with Crippen molar-refractivity contribution in [2.75, 3.05) is 24.7 Å². The van der Waals surface area contributed by atoms with Gasteiger partial charge in [0.2, 0.25) is 0 Å². The number of nitrogen functional groups attached to an aromatic ring is 2. The van der Waals surface area contributed by atoms with Crippen LogP contribution in [0.25, 0.3) is 11.2 Å². The van der Waals surface area contributed by atoms with Crippen LogP contribution in [0.4, 0.5) is 11.6 Å². The second-order valence-electron chi connectivity index (χ2n) is 8.93. The Morgan fingerprint density at radius 2 is 1.85 bits per heavy atom. The Morgan fingerprint density at radius 3 is 2.59 bits per heavy atom. The Bertz CT molecular complexity index is 1560. The smallest absolute Gasteiger partial charge is 0.388 e. The molecule has 0 spiro atoms. The van der Waals surface area contributed by atoms with Gasteiger partial charge in [-0.1, -0.05) is 0 Å². The summed E-state index contributed by atoms with van der Waals surface area (Å²) in [7, 11) is -9.81. The average molecular weight is 619 g/mol. The fraction of sp³-hybridized carbons (Fsp3) is 0.474. The van der Waals surface area contributed by atoms with Crippen molar-refractivity contribution in [3.63, 3.8) is 0 Å². The van der Waals surface area contributed by atoms with Gasteiger partial charge in [-0.2, -0.15) is 4.98 Å². The summed E-state index contributed by atoms with van der Waals surface area (Å²) in [6, 6.07) is 1.31. The summed E-state index contributed by atoms with van der Waals surface area (Å²) < 4.78 is 52.6. The highest BCUT2D eigenvalue weighted by Crippen LogP contribution is 2.49. The van der Waals surface area contributed by atoms with Crippen LogP contribution in [0.5, 0.6) is 0 Å². The minimum atomic E-state index is -4.94. The zero-order valence-electron chi connectivity index (χ0n) is 20.8. The number of nitrogens with two attached hydrogens (primary N) is 2. The van der Waals surface area contributed by atoms with Crippen LogP contribution >= 0.6 is 15.6 Å². The van der Waals surface area contributed by atoms with Gasteiger partial charge in [0.1, 0.15) is 42.2 Å². The van der Waals surface area contributed by atoms with Crippen LogP contribution in [-0.2, 0) is 32.2 Å². The van der Waals surface area contributed by atoms with Crippen molar-refractivity contribution >= 4 is 38.4 Å². The molecule has 0 saturated carbocycles. The predicted molar refractivity (Wildman–Crippen MR) is 134 cm³/mol. The number of anilines is 2. The maximum absolute atomic E-state index is 12.8. The Labute approximate surface area is 229 Å². The van der Waals surface area contributed by atoms with Crippen molar-refractivity contribution in [2.24, 2.45) is 0 Å². The van der Waals surface area contributed by atoms with Crippen molar-refractivity contribution in [3.05, 3.63) is 41.8 Å². The van der Waals surface area contributed by atoms with Crippen LogP contribution in [0.1, 0.15) is 18.9 Å². The van der Waals surface area contributed by atoms with Crippen molar-refractivity contribution in [1.82, 2.24) is 29.1 Å². The molecule has 2 fully saturated rings. The van der Waals surface area contributed by atoms with Crippen molar-refractivity contribution in [3.8, 4) is 0 Å². The lowest BCUT2D eigenvalue weighted by molar-refractivity contribution is -0.0558. The van der Waals surface area contributed by atoms with Gasteiger partial charge < -0.3 is 40.7 Å². The number of rotatable bonds is 10. The van der Waals surface area contributed by atoms with Gasteiger partial charge in [-0.25, -0.2) is 28.9 Å². The first kappa shape index (κ1) is 29.6. The first-order valence-corrected chi connectivity index (χ1v) is 14.8. The van der Waals surface area contributed by atoms with Crippen molar-refractivity contribution in [2.45, 2.75) is 43.3 Å². The minimum Gasteiger partial charge on any atom is -0.388 e. The number of aliphatic hydroxyl groups is 1. The molecule has 2 aliphatic heterocycles. The standard InChI is InChI=1S/C19H25N8O12P2/c20-13-1-2-26(19(29)25-13)14-4-11(12(38-14)6-35-40(30,31)32)39-41(33,34)36-5-9-3-10(28)18(37-9)27-8-24-15-16(21)22-7-23-17(15)27/h1-3,7-12,14,18,28H,4-6H2,(H,33,34)(H2,20,25,29)(H2,21,22,23)(H2,30,31,32)/t9-,10-,11+,12+,14-,18-/m1/s1. The van der Waals surface area contributed by atoms with Gasteiger partial charge >= 0.3 is 21.3 Å². The Balaban J connectivity index is 1.24. The molecule has 0 bridgehead atoms. The first-order chi connectivity index (χ1) is 19.3. The van der Waals surface area contributed by atoms with E-state index in [4.69, 9.17) is 39.8 Å². The lowest BCUT2D eigenvalue weighted by Crippen LogP contribution is -2.29. The maximum Gasteiger partial charge on any atom is 0.472 e.